The molecule has 1 aromatic rings. The van der Waals surface area contributed by atoms with Crippen LogP contribution in [0.3, 0.4) is 0 Å². The standard InChI is InChI=1S/C11H15ClN2/c1-8(13)10-4-3-9(7-11(10)12)14-5-2-6-14/h3-4,7-8H,2,5-6,13H2,1H3. The number of hydrogen-bond acceptors (Lipinski definition) is 2. The van der Waals surface area contributed by atoms with E-state index in [2.05, 4.69) is 11.0 Å². The summed E-state index contributed by atoms with van der Waals surface area (Å²) < 4.78 is 0. The Labute approximate surface area is 89.7 Å². The largest absolute Gasteiger partial charge is 0.371 e. The molecule has 1 aromatic carbocycles. The Hall–Kier alpha value is -0.730. The van der Waals surface area contributed by atoms with E-state index in [1.165, 1.54) is 12.1 Å². The van der Waals surface area contributed by atoms with Crippen LogP contribution < -0.4 is 10.6 Å². The minimum absolute atomic E-state index is 0.00735. The molecule has 1 fully saturated rings. The molecule has 2 nitrogen and oxygen atoms in total. The van der Waals surface area contributed by atoms with Crippen molar-refractivity contribution in [3.63, 3.8) is 0 Å². The van der Waals surface area contributed by atoms with Crippen LogP contribution in [0.4, 0.5) is 5.69 Å². The third-order valence-electron chi connectivity index (χ3n) is 2.70. The van der Waals surface area contributed by atoms with Crippen molar-refractivity contribution in [3.8, 4) is 0 Å². The van der Waals surface area contributed by atoms with Crippen LogP contribution in [0.25, 0.3) is 0 Å². The molecule has 0 amide bonds. The molecule has 0 bridgehead atoms. The molecule has 1 heterocycles. The minimum atomic E-state index is 0.00735. The van der Waals surface area contributed by atoms with E-state index in [9.17, 15) is 0 Å². The Morgan fingerprint density at radius 3 is 2.57 bits per heavy atom. The van der Waals surface area contributed by atoms with Crippen LogP contribution in [0, 0.1) is 0 Å². The number of benzene rings is 1. The van der Waals surface area contributed by atoms with Crippen molar-refractivity contribution in [2.45, 2.75) is 19.4 Å². The molecule has 14 heavy (non-hydrogen) atoms. The average molecular weight is 211 g/mol. The van der Waals surface area contributed by atoms with Crippen LogP contribution in [0.1, 0.15) is 24.9 Å². The second-order valence-corrected chi connectivity index (χ2v) is 4.24. The van der Waals surface area contributed by atoms with Gasteiger partial charge in [-0.25, -0.2) is 0 Å². The zero-order valence-electron chi connectivity index (χ0n) is 8.33. The van der Waals surface area contributed by atoms with Gasteiger partial charge in [0.1, 0.15) is 0 Å². The Morgan fingerprint density at radius 2 is 2.14 bits per heavy atom. The second kappa shape index (κ2) is 3.79. The Morgan fingerprint density at radius 1 is 1.43 bits per heavy atom. The molecule has 1 aliphatic rings. The van der Waals surface area contributed by atoms with Gasteiger partial charge >= 0.3 is 0 Å². The van der Waals surface area contributed by atoms with E-state index in [0.717, 1.165) is 23.7 Å². The second-order valence-electron chi connectivity index (χ2n) is 3.84. The molecule has 0 spiro atoms. The summed E-state index contributed by atoms with van der Waals surface area (Å²) in [7, 11) is 0. The first kappa shape index (κ1) is 9.81. The molecule has 0 aliphatic carbocycles. The summed E-state index contributed by atoms with van der Waals surface area (Å²) in [6.45, 7) is 4.24. The van der Waals surface area contributed by atoms with Crippen LogP contribution in [-0.4, -0.2) is 13.1 Å². The number of nitrogens with two attached hydrogens (primary N) is 1. The summed E-state index contributed by atoms with van der Waals surface area (Å²) >= 11 is 6.14. The Bertz CT molecular complexity index is 332. The van der Waals surface area contributed by atoms with Gasteiger partial charge in [0.05, 0.1) is 0 Å². The fourth-order valence-corrected chi connectivity index (χ4v) is 2.00. The quantitative estimate of drug-likeness (QED) is 0.813. The number of nitrogens with zero attached hydrogens (tertiary/aromatic N) is 1. The number of anilines is 1. The molecule has 2 rings (SSSR count). The van der Waals surface area contributed by atoms with E-state index < -0.39 is 0 Å². The first-order valence-electron chi connectivity index (χ1n) is 4.98. The van der Waals surface area contributed by atoms with E-state index in [1.807, 2.05) is 19.1 Å². The van der Waals surface area contributed by atoms with E-state index in [4.69, 9.17) is 17.3 Å². The fraction of sp³-hybridized carbons (Fsp3) is 0.455. The van der Waals surface area contributed by atoms with Gasteiger partial charge in [0, 0.05) is 29.8 Å². The van der Waals surface area contributed by atoms with Crippen LogP contribution in [0.2, 0.25) is 5.02 Å². The maximum Gasteiger partial charge on any atom is 0.0474 e. The first-order chi connectivity index (χ1) is 6.68. The van der Waals surface area contributed by atoms with Gasteiger partial charge in [-0.3, -0.25) is 0 Å². The lowest BCUT2D eigenvalue weighted by Gasteiger charge is -2.33. The molecule has 1 unspecified atom stereocenters. The molecule has 1 atom stereocenters. The van der Waals surface area contributed by atoms with Crippen molar-refractivity contribution in [1.29, 1.82) is 0 Å². The SMILES string of the molecule is CC(N)c1ccc(N2CCC2)cc1Cl. The summed E-state index contributed by atoms with van der Waals surface area (Å²) in [5, 5.41) is 0.782. The summed E-state index contributed by atoms with van der Waals surface area (Å²) in [6.07, 6.45) is 1.28. The predicted octanol–water partition coefficient (Wildman–Crippen LogP) is 2.57. The summed E-state index contributed by atoms with van der Waals surface area (Å²) in [4.78, 5) is 2.32. The van der Waals surface area contributed by atoms with Crippen molar-refractivity contribution in [2.24, 2.45) is 5.73 Å². The van der Waals surface area contributed by atoms with Crippen LogP contribution in [0.5, 0.6) is 0 Å². The van der Waals surface area contributed by atoms with Crippen molar-refractivity contribution in [1.82, 2.24) is 0 Å². The third-order valence-corrected chi connectivity index (χ3v) is 3.02. The zero-order chi connectivity index (χ0) is 10.1. The molecule has 2 N–H and O–H groups in total. The monoisotopic (exact) mass is 210 g/mol. The highest BCUT2D eigenvalue weighted by Crippen LogP contribution is 2.28. The minimum Gasteiger partial charge on any atom is -0.371 e. The van der Waals surface area contributed by atoms with Gasteiger partial charge in [-0.05, 0) is 31.0 Å². The molecule has 0 radical (unpaired) electrons. The number of rotatable bonds is 2. The topological polar surface area (TPSA) is 29.3 Å². The summed E-state index contributed by atoms with van der Waals surface area (Å²) in [5.41, 5.74) is 8.03. The molecule has 1 aliphatic heterocycles. The summed E-state index contributed by atoms with van der Waals surface area (Å²) in [6, 6.07) is 6.15. The van der Waals surface area contributed by atoms with Gasteiger partial charge in [0.25, 0.3) is 0 Å². The highest BCUT2D eigenvalue weighted by Gasteiger charge is 2.15. The molecular formula is C11H15ClN2. The van der Waals surface area contributed by atoms with Gasteiger partial charge < -0.3 is 10.6 Å². The fourth-order valence-electron chi connectivity index (χ4n) is 1.66. The van der Waals surface area contributed by atoms with Crippen molar-refractivity contribution in [3.05, 3.63) is 28.8 Å². The van der Waals surface area contributed by atoms with Gasteiger partial charge in [-0.15, -0.1) is 0 Å². The van der Waals surface area contributed by atoms with Crippen molar-refractivity contribution in [2.75, 3.05) is 18.0 Å². The van der Waals surface area contributed by atoms with E-state index in [0.29, 0.717) is 0 Å². The lowest BCUT2D eigenvalue weighted by atomic mass is 10.1. The normalized spacial score (nSPS) is 17.8. The lowest BCUT2D eigenvalue weighted by Crippen LogP contribution is -2.36. The lowest BCUT2D eigenvalue weighted by molar-refractivity contribution is 0.617. The van der Waals surface area contributed by atoms with E-state index in [1.54, 1.807) is 0 Å². The molecule has 0 aromatic heterocycles. The number of hydrogen-bond donors (Lipinski definition) is 1. The van der Waals surface area contributed by atoms with Crippen molar-refractivity contribution < 1.29 is 0 Å². The zero-order valence-corrected chi connectivity index (χ0v) is 9.09. The van der Waals surface area contributed by atoms with Gasteiger partial charge in [0.2, 0.25) is 0 Å². The molecular weight excluding hydrogens is 196 g/mol. The van der Waals surface area contributed by atoms with Crippen LogP contribution in [0.15, 0.2) is 18.2 Å². The maximum atomic E-state index is 6.14. The number of halogens is 1. The average Bonchev–Trinajstić information content (AvgIpc) is 2.00. The molecule has 0 saturated carbocycles. The van der Waals surface area contributed by atoms with Crippen LogP contribution >= 0.6 is 11.6 Å². The smallest absolute Gasteiger partial charge is 0.0474 e. The third kappa shape index (κ3) is 1.72. The van der Waals surface area contributed by atoms with E-state index in [-0.39, 0.29) is 6.04 Å². The van der Waals surface area contributed by atoms with Crippen LogP contribution in [-0.2, 0) is 0 Å². The molecule has 1 saturated heterocycles. The first-order valence-corrected chi connectivity index (χ1v) is 5.36. The highest BCUT2D eigenvalue weighted by molar-refractivity contribution is 6.31. The van der Waals surface area contributed by atoms with Gasteiger partial charge in [-0.2, -0.15) is 0 Å². The molecule has 76 valence electrons. The Kier molecular flexibility index (Phi) is 2.66. The van der Waals surface area contributed by atoms with E-state index >= 15 is 0 Å². The predicted molar refractivity (Wildman–Crippen MR) is 60.9 cm³/mol. The summed E-state index contributed by atoms with van der Waals surface area (Å²) in [5.74, 6) is 0. The van der Waals surface area contributed by atoms with Gasteiger partial charge in [-0.1, -0.05) is 17.7 Å². The maximum absolute atomic E-state index is 6.14. The Balaban J connectivity index is 2.25. The van der Waals surface area contributed by atoms with Crippen molar-refractivity contribution >= 4 is 17.3 Å². The molecule has 3 heteroatoms. The highest BCUT2D eigenvalue weighted by atomic mass is 35.5. The van der Waals surface area contributed by atoms with Gasteiger partial charge in [0.15, 0.2) is 0 Å².